The predicted octanol–water partition coefficient (Wildman–Crippen LogP) is 4.43. The Labute approximate surface area is 219 Å². The fourth-order valence-electron chi connectivity index (χ4n) is 5.53. The molecule has 1 amide bonds. The molecule has 3 heterocycles. The lowest BCUT2D eigenvalue weighted by atomic mass is 9.80. The van der Waals surface area contributed by atoms with Crippen LogP contribution < -0.4 is 5.73 Å². The molecule has 0 spiro atoms. The Morgan fingerprint density at radius 1 is 1.03 bits per heavy atom. The van der Waals surface area contributed by atoms with E-state index in [1.54, 1.807) is 0 Å². The van der Waals surface area contributed by atoms with Crippen molar-refractivity contribution in [2.24, 2.45) is 11.7 Å². The molecule has 3 fully saturated rings. The molecule has 3 aliphatic rings. The molecule has 0 radical (unpaired) electrons. The van der Waals surface area contributed by atoms with E-state index in [0.717, 1.165) is 61.0 Å². The quantitative estimate of drug-likeness (QED) is 0.604. The maximum atomic E-state index is 12.6. The van der Waals surface area contributed by atoms with E-state index in [1.165, 1.54) is 25.7 Å². The Morgan fingerprint density at radius 3 is 2.36 bits per heavy atom. The number of carbonyl (C=O) groups excluding carboxylic acids is 1. The van der Waals surface area contributed by atoms with E-state index < -0.39 is 0 Å². The fraction of sp³-hybridized carbons (Fsp3) is 0.652. The summed E-state index contributed by atoms with van der Waals surface area (Å²) in [5, 5.41) is 0. The number of imidazole rings is 1. The number of piperidine rings is 1. The number of aromatic amines is 1. The SMILES string of the molecule is Cl.Cl.Cl.N[C@H](C(=O)N1CCSC1)C1CCC(N2CCC(c3nc4ccccc4[nH]3)CC2)CC1. The minimum atomic E-state index is -0.302. The van der Waals surface area contributed by atoms with Crippen molar-refractivity contribution in [3.8, 4) is 0 Å². The van der Waals surface area contributed by atoms with E-state index in [9.17, 15) is 4.79 Å². The van der Waals surface area contributed by atoms with E-state index in [1.807, 2.05) is 16.7 Å². The lowest BCUT2D eigenvalue weighted by molar-refractivity contribution is -0.132. The Bertz CT molecular complexity index is 845. The van der Waals surface area contributed by atoms with Crippen LogP contribution in [0.5, 0.6) is 0 Å². The summed E-state index contributed by atoms with van der Waals surface area (Å²) in [7, 11) is 0. The van der Waals surface area contributed by atoms with Crippen LogP contribution >= 0.6 is 49.0 Å². The zero-order valence-corrected chi connectivity index (χ0v) is 22.1. The number of aromatic nitrogens is 2. The number of nitrogens with two attached hydrogens (primary N) is 1. The van der Waals surface area contributed by atoms with Gasteiger partial charge in [-0.05, 0) is 69.7 Å². The van der Waals surface area contributed by atoms with Crippen LogP contribution in [0.4, 0.5) is 0 Å². The molecule has 2 aliphatic heterocycles. The lowest BCUT2D eigenvalue weighted by Crippen LogP contribution is -2.49. The van der Waals surface area contributed by atoms with Crippen LogP contribution in [0, 0.1) is 5.92 Å². The van der Waals surface area contributed by atoms with Gasteiger partial charge < -0.3 is 20.5 Å². The second kappa shape index (κ2) is 12.8. The van der Waals surface area contributed by atoms with Gasteiger partial charge >= 0.3 is 0 Å². The molecule has 3 N–H and O–H groups in total. The Kier molecular flexibility index (Phi) is 11.1. The third kappa shape index (κ3) is 6.30. The first-order valence-corrected chi connectivity index (χ1v) is 12.7. The summed E-state index contributed by atoms with van der Waals surface area (Å²) in [6, 6.07) is 8.66. The number of likely N-dealkylation sites (tertiary alicyclic amines) is 1. The smallest absolute Gasteiger partial charge is 0.240 e. The van der Waals surface area contributed by atoms with Gasteiger partial charge in [0.1, 0.15) is 5.82 Å². The summed E-state index contributed by atoms with van der Waals surface area (Å²) in [5.74, 6) is 4.10. The largest absolute Gasteiger partial charge is 0.342 e. The van der Waals surface area contributed by atoms with Crippen molar-refractivity contribution in [3.63, 3.8) is 0 Å². The lowest BCUT2D eigenvalue weighted by Gasteiger charge is -2.41. The molecule has 1 saturated carbocycles. The maximum absolute atomic E-state index is 12.6. The number of carbonyl (C=O) groups is 1. The van der Waals surface area contributed by atoms with Crippen molar-refractivity contribution in [3.05, 3.63) is 30.1 Å². The summed E-state index contributed by atoms with van der Waals surface area (Å²) < 4.78 is 0. The number of nitrogens with zero attached hydrogens (tertiary/aromatic N) is 3. The monoisotopic (exact) mass is 535 g/mol. The molecule has 33 heavy (non-hydrogen) atoms. The molecule has 5 rings (SSSR count). The van der Waals surface area contributed by atoms with Gasteiger partial charge in [0.05, 0.1) is 23.0 Å². The highest BCUT2D eigenvalue weighted by Gasteiger charge is 2.35. The van der Waals surface area contributed by atoms with Crippen molar-refractivity contribution in [2.45, 2.75) is 56.5 Å². The Hall–Kier alpha value is -0.700. The van der Waals surface area contributed by atoms with Gasteiger partial charge in [0, 0.05) is 24.3 Å². The van der Waals surface area contributed by atoms with E-state index in [4.69, 9.17) is 10.7 Å². The van der Waals surface area contributed by atoms with Gasteiger partial charge in [0.15, 0.2) is 0 Å². The number of benzene rings is 1. The van der Waals surface area contributed by atoms with Gasteiger partial charge in [0.2, 0.25) is 5.91 Å². The molecule has 0 unspecified atom stereocenters. The van der Waals surface area contributed by atoms with Gasteiger partial charge in [-0.3, -0.25) is 4.79 Å². The molecule has 2 saturated heterocycles. The highest BCUT2D eigenvalue weighted by Crippen LogP contribution is 2.34. The zero-order chi connectivity index (χ0) is 20.5. The second-order valence-electron chi connectivity index (χ2n) is 9.18. The molecule has 1 aliphatic carbocycles. The van der Waals surface area contributed by atoms with Crippen LogP contribution in [0.3, 0.4) is 0 Å². The van der Waals surface area contributed by atoms with Crippen molar-refractivity contribution in [1.82, 2.24) is 19.8 Å². The zero-order valence-electron chi connectivity index (χ0n) is 18.9. The minimum Gasteiger partial charge on any atom is -0.342 e. The minimum absolute atomic E-state index is 0. The summed E-state index contributed by atoms with van der Waals surface area (Å²) in [5.41, 5.74) is 8.61. The summed E-state index contributed by atoms with van der Waals surface area (Å²) in [6.45, 7) is 3.16. The molecule has 2 aromatic rings. The molecule has 6 nitrogen and oxygen atoms in total. The number of hydrogen-bond acceptors (Lipinski definition) is 5. The average Bonchev–Trinajstić information content (AvgIpc) is 3.48. The number of rotatable bonds is 4. The number of nitrogens with one attached hydrogen (secondary N) is 1. The van der Waals surface area contributed by atoms with E-state index >= 15 is 0 Å². The van der Waals surface area contributed by atoms with Crippen LogP contribution in [0.25, 0.3) is 11.0 Å². The van der Waals surface area contributed by atoms with E-state index in [-0.39, 0.29) is 49.2 Å². The molecule has 1 aromatic heterocycles. The first-order valence-electron chi connectivity index (χ1n) is 11.5. The topological polar surface area (TPSA) is 78.2 Å². The molecule has 186 valence electrons. The summed E-state index contributed by atoms with van der Waals surface area (Å²) in [6.07, 6.45) is 6.87. The average molecular weight is 537 g/mol. The van der Waals surface area contributed by atoms with E-state index in [2.05, 4.69) is 34.1 Å². The fourth-order valence-corrected chi connectivity index (χ4v) is 6.49. The molecule has 10 heteroatoms. The van der Waals surface area contributed by atoms with E-state index in [0.29, 0.717) is 17.9 Å². The van der Waals surface area contributed by atoms with Gasteiger partial charge in [-0.15, -0.1) is 49.0 Å². The second-order valence-corrected chi connectivity index (χ2v) is 10.3. The Morgan fingerprint density at radius 2 is 1.73 bits per heavy atom. The third-order valence-corrected chi connectivity index (χ3v) is 8.40. The first kappa shape index (κ1) is 28.5. The molecule has 0 bridgehead atoms. The van der Waals surface area contributed by atoms with Crippen molar-refractivity contribution < 1.29 is 4.79 Å². The van der Waals surface area contributed by atoms with Gasteiger partial charge in [-0.2, -0.15) is 0 Å². The van der Waals surface area contributed by atoms with Crippen LogP contribution in [0.2, 0.25) is 0 Å². The molecular formula is C23H36Cl3N5OS. The van der Waals surface area contributed by atoms with Crippen LogP contribution in [0.1, 0.15) is 50.3 Å². The number of hydrogen-bond donors (Lipinski definition) is 2. The predicted molar refractivity (Wildman–Crippen MR) is 144 cm³/mol. The molecule has 1 atom stereocenters. The van der Waals surface area contributed by atoms with Crippen molar-refractivity contribution >= 4 is 65.9 Å². The summed E-state index contributed by atoms with van der Waals surface area (Å²) >= 11 is 1.83. The third-order valence-electron chi connectivity index (χ3n) is 7.44. The number of H-pyrrole nitrogens is 1. The van der Waals surface area contributed by atoms with Crippen molar-refractivity contribution in [2.75, 3.05) is 31.3 Å². The first-order chi connectivity index (χ1) is 14.7. The molecule has 1 aromatic carbocycles. The van der Waals surface area contributed by atoms with Crippen LogP contribution in [-0.4, -0.2) is 69.0 Å². The standard InChI is InChI=1S/C23H33N5OS.3ClH/c24-21(23(29)28-13-14-30-15-28)16-5-7-18(8-6-16)27-11-9-17(10-12-27)22-25-19-3-1-2-4-20(19)26-22;;;/h1-4,16-18,21H,5-15,24H2,(H,25,26);3*1H/t16?,18?,21-;;;/m0.../s1. The summed E-state index contributed by atoms with van der Waals surface area (Å²) in [4.78, 5) is 25.6. The van der Waals surface area contributed by atoms with Gasteiger partial charge in [-0.25, -0.2) is 4.98 Å². The van der Waals surface area contributed by atoms with Crippen molar-refractivity contribution in [1.29, 1.82) is 0 Å². The number of para-hydroxylation sites is 2. The number of amides is 1. The normalized spacial score (nSPS) is 25.1. The Balaban J connectivity index is 0.00000128. The van der Waals surface area contributed by atoms with Gasteiger partial charge in [-0.1, -0.05) is 12.1 Å². The maximum Gasteiger partial charge on any atom is 0.240 e. The highest BCUT2D eigenvalue weighted by molar-refractivity contribution is 7.99. The van der Waals surface area contributed by atoms with Gasteiger partial charge in [0.25, 0.3) is 0 Å². The number of thioether (sulfide) groups is 1. The van der Waals surface area contributed by atoms with Crippen LogP contribution in [-0.2, 0) is 4.79 Å². The number of halogens is 3. The van der Waals surface area contributed by atoms with Crippen LogP contribution in [0.15, 0.2) is 24.3 Å². The molecular weight excluding hydrogens is 501 g/mol. The number of fused-ring (bicyclic) bond motifs is 1. The highest BCUT2D eigenvalue weighted by atomic mass is 35.5.